The van der Waals surface area contributed by atoms with E-state index in [1.165, 1.54) is 0 Å². The quantitative estimate of drug-likeness (QED) is 0.846. The summed E-state index contributed by atoms with van der Waals surface area (Å²) in [4.78, 5) is 13.7. The average Bonchev–Trinajstić information content (AvgIpc) is 2.90. The minimum absolute atomic E-state index is 0.0237. The summed E-state index contributed by atoms with van der Waals surface area (Å²) in [6, 6.07) is 5.41. The number of benzene rings is 1. The summed E-state index contributed by atoms with van der Waals surface area (Å²) in [5.41, 5.74) is 8.41. The number of ether oxygens (including phenoxy) is 1. The Hall–Kier alpha value is -1.97. The number of hydrogen-bond acceptors (Lipinski definition) is 3. The molecule has 0 heterocycles. The van der Waals surface area contributed by atoms with Crippen LogP contribution in [0.3, 0.4) is 0 Å². The second kappa shape index (κ2) is 5.78. The molecule has 102 valence electrons. The van der Waals surface area contributed by atoms with E-state index in [0.717, 1.165) is 30.5 Å². The molecule has 1 amide bonds. The van der Waals surface area contributed by atoms with E-state index in [9.17, 15) is 4.79 Å². The summed E-state index contributed by atoms with van der Waals surface area (Å²) in [6.07, 6.45) is 5.28. The highest BCUT2D eigenvalue weighted by molar-refractivity contribution is 5.79. The molecule has 2 N–H and O–H groups in total. The van der Waals surface area contributed by atoms with E-state index in [0.29, 0.717) is 11.4 Å². The molecule has 19 heavy (non-hydrogen) atoms. The Morgan fingerprint density at radius 1 is 1.47 bits per heavy atom. The molecule has 0 unspecified atom stereocenters. The molecule has 0 bridgehead atoms. The minimum atomic E-state index is -0.0237. The molecule has 1 aliphatic rings. The Bertz CT molecular complexity index is 509. The van der Waals surface area contributed by atoms with Crippen LogP contribution in [0, 0.1) is 6.92 Å². The molecule has 0 radical (unpaired) electrons. The van der Waals surface area contributed by atoms with Crippen LogP contribution in [0.5, 0.6) is 5.75 Å². The van der Waals surface area contributed by atoms with Gasteiger partial charge in [0.05, 0.1) is 0 Å². The second-order valence-corrected chi connectivity index (χ2v) is 4.85. The van der Waals surface area contributed by atoms with Crippen molar-refractivity contribution in [1.29, 1.82) is 0 Å². The summed E-state index contributed by atoms with van der Waals surface area (Å²) in [5, 5.41) is 0. The maximum absolute atomic E-state index is 12.0. The molecule has 1 aromatic rings. The van der Waals surface area contributed by atoms with E-state index < -0.39 is 0 Å². The molecule has 4 nitrogen and oxygen atoms in total. The molecule has 0 saturated carbocycles. The van der Waals surface area contributed by atoms with Crippen LogP contribution in [0.1, 0.15) is 24.8 Å². The lowest BCUT2D eigenvalue weighted by atomic mass is 10.2. The van der Waals surface area contributed by atoms with Crippen LogP contribution in [-0.2, 0) is 4.79 Å². The molecule has 1 aliphatic carbocycles. The first-order chi connectivity index (χ1) is 9.08. The molecule has 1 aromatic carbocycles. The smallest absolute Gasteiger partial charge is 0.264 e. The summed E-state index contributed by atoms with van der Waals surface area (Å²) in [7, 11) is 1.80. The lowest BCUT2D eigenvalue weighted by molar-refractivity contribution is -0.130. The topological polar surface area (TPSA) is 55.6 Å². The monoisotopic (exact) mass is 260 g/mol. The van der Waals surface area contributed by atoms with E-state index in [-0.39, 0.29) is 12.5 Å². The van der Waals surface area contributed by atoms with Crippen LogP contribution in [0.25, 0.3) is 0 Å². The maximum atomic E-state index is 12.0. The van der Waals surface area contributed by atoms with Gasteiger partial charge < -0.3 is 15.4 Å². The standard InChI is InChI=1S/C15H20N2O2/c1-11-9-12(16)7-8-14(11)19-10-15(18)17(2)13-5-3-4-6-13/h5,7-9H,3-4,6,10,16H2,1-2H3. The lowest BCUT2D eigenvalue weighted by Crippen LogP contribution is -2.30. The average molecular weight is 260 g/mol. The van der Waals surface area contributed by atoms with Gasteiger partial charge in [-0.2, -0.15) is 0 Å². The molecule has 0 aliphatic heterocycles. The highest BCUT2D eigenvalue weighted by atomic mass is 16.5. The van der Waals surface area contributed by atoms with Gasteiger partial charge in [-0.15, -0.1) is 0 Å². The number of rotatable bonds is 4. The highest BCUT2D eigenvalue weighted by Crippen LogP contribution is 2.22. The Morgan fingerprint density at radius 3 is 2.89 bits per heavy atom. The van der Waals surface area contributed by atoms with Gasteiger partial charge in [-0.25, -0.2) is 0 Å². The Balaban J connectivity index is 1.92. The van der Waals surface area contributed by atoms with Crippen LogP contribution < -0.4 is 10.5 Å². The predicted octanol–water partition coefficient (Wildman–Crippen LogP) is 2.48. The number of likely N-dealkylation sites (N-methyl/N-ethyl adjacent to an activating group) is 1. The van der Waals surface area contributed by atoms with E-state index >= 15 is 0 Å². The normalized spacial score (nSPS) is 14.1. The summed E-state index contributed by atoms with van der Waals surface area (Å²) in [5.74, 6) is 0.681. The molecule has 4 heteroatoms. The van der Waals surface area contributed by atoms with Crippen molar-refractivity contribution in [3.05, 3.63) is 35.5 Å². The summed E-state index contributed by atoms with van der Waals surface area (Å²) in [6.45, 7) is 1.97. The van der Waals surface area contributed by atoms with Crippen molar-refractivity contribution in [2.75, 3.05) is 19.4 Å². The molecule has 0 fully saturated rings. The molecule has 0 spiro atoms. The fourth-order valence-electron chi connectivity index (χ4n) is 2.19. The first-order valence-electron chi connectivity index (χ1n) is 6.52. The van der Waals surface area contributed by atoms with Gasteiger partial charge in [0.25, 0.3) is 5.91 Å². The number of amides is 1. The summed E-state index contributed by atoms with van der Waals surface area (Å²) < 4.78 is 5.56. The summed E-state index contributed by atoms with van der Waals surface area (Å²) >= 11 is 0. The van der Waals surface area contributed by atoms with Gasteiger partial charge in [0.2, 0.25) is 0 Å². The van der Waals surface area contributed by atoms with E-state index in [4.69, 9.17) is 10.5 Å². The highest BCUT2D eigenvalue weighted by Gasteiger charge is 2.16. The van der Waals surface area contributed by atoms with Crippen LogP contribution in [-0.4, -0.2) is 24.5 Å². The van der Waals surface area contributed by atoms with Crippen molar-refractivity contribution in [2.24, 2.45) is 0 Å². The van der Waals surface area contributed by atoms with Gasteiger partial charge >= 0.3 is 0 Å². The number of anilines is 1. The lowest BCUT2D eigenvalue weighted by Gasteiger charge is -2.19. The number of carbonyl (C=O) groups excluding carboxylic acids is 1. The number of aryl methyl sites for hydroxylation is 1. The third-order valence-electron chi connectivity index (χ3n) is 3.37. The molecule has 0 saturated heterocycles. The number of hydrogen-bond donors (Lipinski definition) is 1. The van der Waals surface area contributed by atoms with E-state index in [2.05, 4.69) is 6.08 Å². The first-order valence-corrected chi connectivity index (χ1v) is 6.52. The van der Waals surface area contributed by atoms with Crippen LogP contribution in [0.4, 0.5) is 5.69 Å². The van der Waals surface area contributed by atoms with E-state index in [1.807, 2.05) is 13.0 Å². The molecular formula is C15H20N2O2. The second-order valence-electron chi connectivity index (χ2n) is 4.85. The third-order valence-corrected chi connectivity index (χ3v) is 3.37. The number of nitrogens with two attached hydrogens (primary N) is 1. The van der Waals surface area contributed by atoms with Crippen molar-refractivity contribution in [3.8, 4) is 5.75 Å². The van der Waals surface area contributed by atoms with Crippen LogP contribution >= 0.6 is 0 Å². The van der Waals surface area contributed by atoms with Crippen molar-refractivity contribution in [3.63, 3.8) is 0 Å². The molecule has 2 rings (SSSR count). The maximum Gasteiger partial charge on any atom is 0.264 e. The zero-order chi connectivity index (χ0) is 13.8. The van der Waals surface area contributed by atoms with Crippen molar-refractivity contribution < 1.29 is 9.53 Å². The Kier molecular flexibility index (Phi) is 4.10. The van der Waals surface area contributed by atoms with Crippen LogP contribution in [0.15, 0.2) is 30.0 Å². The number of nitrogens with zero attached hydrogens (tertiary/aromatic N) is 1. The van der Waals surface area contributed by atoms with Gasteiger partial charge in [-0.05, 0) is 49.9 Å². The molecule has 0 aromatic heterocycles. The number of carbonyl (C=O) groups is 1. The number of nitrogen functional groups attached to an aromatic ring is 1. The van der Waals surface area contributed by atoms with E-state index in [1.54, 1.807) is 24.1 Å². The van der Waals surface area contributed by atoms with Crippen molar-refractivity contribution >= 4 is 11.6 Å². The van der Waals surface area contributed by atoms with Gasteiger partial charge in [-0.3, -0.25) is 4.79 Å². The van der Waals surface area contributed by atoms with Crippen LogP contribution in [0.2, 0.25) is 0 Å². The van der Waals surface area contributed by atoms with Gasteiger partial charge in [0.15, 0.2) is 6.61 Å². The predicted molar refractivity (Wildman–Crippen MR) is 75.8 cm³/mol. The zero-order valence-electron chi connectivity index (χ0n) is 11.5. The Morgan fingerprint density at radius 2 is 2.26 bits per heavy atom. The number of allylic oxidation sites excluding steroid dienone is 2. The minimum Gasteiger partial charge on any atom is -0.483 e. The molecule has 0 atom stereocenters. The SMILES string of the molecule is Cc1cc(N)ccc1OCC(=O)N(C)C1=CCCC1. The van der Waals surface area contributed by atoms with Gasteiger partial charge in [-0.1, -0.05) is 6.08 Å². The van der Waals surface area contributed by atoms with Gasteiger partial charge in [0, 0.05) is 18.4 Å². The van der Waals surface area contributed by atoms with Gasteiger partial charge in [0.1, 0.15) is 5.75 Å². The Labute approximate surface area is 113 Å². The van der Waals surface area contributed by atoms with Crippen molar-refractivity contribution in [2.45, 2.75) is 26.2 Å². The van der Waals surface area contributed by atoms with Crippen molar-refractivity contribution in [1.82, 2.24) is 4.90 Å². The largest absolute Gasteiger partial charge is 0.483 e. The molecular weight excluding hydrogens is 240 g/mol. The zero-order valence-corrected chi connectivity index (χ0v) is 11.5. The fraction of sp³-hybridized carbons (Fsp3) is 0.400. The third kappa shape index (κ3) is 3.28. The first kappa shape index (κ1) is 13.5. The fourth-order valence-corrected chi connectivity index (χ4v) is 2.19.